The maximum Gasteiger partial charge on any atom is 0.147 e. The number of ether oxygens (including phenoxy) is 4. The van der Waals surface area contributed by atoms with Gasteiger partial charge in [-0.1, -0.05) is 71.3 Å². The topological polar surface area (TPSA) is 36.9 Å². The summed E-state index contributed by atoms with van der Waals surface area (Å²) in [6.45, 7) is 16.6. The normalized spacial score (nSPS) is 13.0. The molecule has 0 fully saturated rings. The Hall–Kier alpha value is -2.52. The van der Waals surface area contributed by atoms with E-state index in [0.717, 1.165) is 62.2 Å². The Bertz CT molecular complexity index is 1280. The third-order valence-electron chi connectivity index (χ3n) is 6.07. The predicted molar refractivity (Wildman–Crippen MR) is 185 cm³/mol. The zero-order valence-electron chi connectivity index (χ0n) is 26.5. The van der Waals surface area contributed by atoms with E-state index >= 15 is 0 Å². The smallest absolute Gasteiger partial charge is 0.147 e. The lowest BCUT2D eigenvalue weighted by Crippen LogP contribution is -2.09. The van der Waals surface area contributed by atoms with Crippen LogP contribution in [0.5, 0.6) is 23.0 Å². The Morgan fingerprint density at radius 1 is 0.318 bits per heavy atom. The Balaban J connectivity index is 1.78. The zero-order chi connectivity index (χ0) is 31.4. The fraction of sp³-hybridized carbons (Fsp3) is 0.333. The molecule has 0 saturated carbocycles. The number of fused-ring (bicyclic) bond motifs is 8. The summed E-state index contributed by atoms with van der Waals surface area (Å²) in [6, 6.07) is 25.4. The highest BCUT2D eigenvalue weighted by Crippen LogP contribution is 2.53. The van der Waals surface area contributed by atoms with E-state index in [4.69, 9.17) is 18.9 Å². The monoisotopic (exact) mass is 664 g/mol. The van der Waals surface area contributed by atoms with Crippen LogP contribution < -0.4 is 18.9 Å². The lowest BCUT2D eigenvalue weighted by molar-refractivity contribution is 0.228. The average molecular weight is 665 g/mol. The molecule has 1 aliphatic rings. The molecule has 0 aromatic heterocycles. The van der Waals surface area contributed by atoms with Gasteiger partial charge in [0.1, 0.15) is 23.0 Å². The number of hydrogen-bond donors (Lipinski definition) is 0. The molecule has 0 N–H and O–H groups in total. The Labute approximate surface area is 279 Å². The molecule has 4 aromatic rings. The van der Waals surface area contributed by atoms with Crippen molar-refractivity contribution in [2.45, 2.75) is 119 Å². The van der Waals surface area contributed by atoms with Crippen LogP contribution in [0.3, 0.4) is 0 Å². The Morgan fingerprint density at radius 2 is 0.477 bits per heavy atom. The van der Waals surface area contributed by atoms with Gasteiger partial charge < -0.3 is 18.9 Å². The molecule has 5 rings (SSSR count). The first-order chi connectivity index (χ1) is 21.1. The quantitative estimate of drug-likeness (QED) is 0.162. The molecule has 0 spiro atoms. The van der Waals surface area contributed by atoms with Gasteiger partial charge in [-0.2, -0.15) is 0 Å². The molecule has 8 heteroatoms. The van der Waals surface area contributed by atoms with Crippen molar-refractivity contribution in [3.63, 3.8) is 0 Å². The van der Waals surface area contributed by atoms with Crippen LogP contribution >= 0.6 is 47.0 Å². The third kappa shape index (κ3) is 8.00. The van der Waals surface area contributed by atoms with E-state index in [-0.39, 0.29) is 24.4 Å². The lowest BCUT2D eigenvalue weighted by atomic mass is 10.3. The highest BCUT2D eigenvalue weighted by Gasteiger charge is 2.24. The second kappa shape index (κ2) is 14.7. The minimum absolute atomic E-state index is 0.00709. The molecule has 0 radical (unpaired) electrons. The van der Waals surface area contributed by atoms with Crippen molar-refractivity contribution in [1.29, 1.82) is 0 Å². The predicted octanol–water partition coefficient (Wildman–Crippen LogP) is 11.8. The largest absolute Gasteiger partial charge is 0.489 e. The van der Waals surface area contributed by atoms with E-state index in [0.29, 0.717) is 0 Å². The van der Waals surface area contributed by atoms with Gasteiger partial charge in [-0.05, 0) is 104 Å². The summed E-state index contributed by atoms with van der Waals surface area (Å²) in [4.78, 5) is 8.29. The lowest BCUT2D eigenvalue weighted by Gasteiger charge is -2.23. The first kappa shape index (κ1) is 32.9. The van der Waals surface area contributed by atoms with Gasteiger partial charge in [-0.3, -0.25) is 0 Å². The van der Waals surface area contributed by atoms with Gasteiger partial charge in [0.2, 0.25) is 0 Å². The molecule has 232 valence electrons. The van der Waals surface area contributed by atoms with Gasteiger partial charge in [0.05, 0.1) is 63.6 Å². The maximum absolute atomic E-state index is 6.54. The van der Waals surface area contributed by atoms with Crippen molar-refractivity contribution in [3.8, 4) is 23.0 Å². The zero-order valence-corrected chi connectivity index (χ0v) is 29.8. The fourth-order valence-electron chi connectivity index (χ4n) is 4.51. The SMILES string of the molecule is CC(C)Oc1c2cccc1Sc1cccc(c1OC(C)C)Sc1cccc(c1OC(C)C)Sc1cccc(c1OC(C)C)S2. The standard InChI is InChI=1S/C36H40O4S4/c1-21(2)37-33-25-13-9-14-26(33)42-28-16-11-18-30(35(28)39-23(5)6)44-32-20-12-19-31(36(32)40-24(7)8)43-29-17-10-15-27(41-25)34(29)38-22(3)4/h9-24H,1-8H3. The molecular weight excluding hydrogens is 625 g/mol. The van der Waals surface area contributed by atoms with E-state index < -0.39 is 0 Å². The fourth-order valence-corrected chi connectivity index (χ4v) is 8.89. The van der Waals surface area contributed by atoms with Crippen LogP contribution in [-0.2, 0) is 0 Å². The molecular formula is C36H40O4S4. The molecule has 0 aliphatic carbocycles. The van der Waals surface area contributed by atoms with Crippen LogP contribution in [0.4, 0.5) is 0 Å². The van der Waals surface area contributed by atoms with E-state index in [9.17, 15) is 0 Å². The van der Waals surface area contributed by atoms with Crippen molar-refractivity contribution in [2.24, 2.45) is 0 Å². The molecule has 1 heterocycles. The summed E-state index contributed by atoms with van der Waals surface area (Å²) in [7, 11) is 0. The van der Waals surface area contributed by atoms with Crippen molar-refractivity contribution < 1.29 is 18.9 Å². The molecule has 44 heavy (non-hydrogen) atoms. The number of rotatable bonds is 8. The first-order valence-corrected chi connectivity index (χ1v) is 18.3. The maximum atomic E-state index is 6.54. The van der Waals surface area contributed by atoms with E-state index in [2.05, 4.69) is 128 Å². The second-order valence-electron chi connectivity index (χ2n) is 11.4. The minimum Gasteiger partial charge on any atom is -0.489 e. The van der Waals surface area contributed by atoms with E-state index in [1.165, 1.54) is 0 Å². The van der Waals surface area contributed by atoms with Crippen LogP contribution in [0.1, 0.15) is 55.4 Å². The summed E-state index contributed by atoms with van der Waals surface area (Å²) < 4.78 is 26.2. The molecule has 4 aromatic carbocycles. The van der Waals surface area contributed by atoms with Gasteiger partial charge in [-0.25, -0.2) is 0 Å². The summed E-state index contributed by atoms with van der Waals surface area (Å²) in [5.74, 6) is 3.46. The average Bonchev–Trinajstić information content (AvgIpc) is 2.94. The van der Waals surface area contributed by atoms with Crippen molar-refractivity contribution in [1.82, 2.24) is 0 Å². The van der Waals surface area contributed by atoms with E-state index in [1.54, 1.807) is 47.0 Å². The molecule has 0 saturated heterocycles. The Kier molecular flexibility index (Phi) is 11.0. The molecule has 4 nitrogen and oxygen atoms in total. The van der Waals surface area contributed by atoms with Gasteiger partial charge in [0, 0.05) is 0 Å². The first-order valence-electron chi connectivity index (χ1n) is 15.0. The highest BCUT2D eigenvalue weighted by atomic mass is 32.2. The van der Waals surface area contributed by atoms with Crippen LogP contribution in [0, 0.1) is 0 Å². The summed E-state index contributed by atoms with van der Waals surface area (Å²) in [5, 5.41) is 0. The number of hydrogen-bond acceptors (Lipinski definition) is 8. The van der Waals surface area contributed by atoms with Crippen LogP contribution in [-0.4, -0.2) is 24.4 Å². The van der Waals surface area contributed by atoms with Crippen molar-refractivity contribution in [3.05, 3.63) is 72.8 Å². The molecule has 0 atom stereocenters. The van der Waals surface area contributed by atoms with Crippen LogP contribution in [0.15, 0.2) is 112 Å². The molecule has 0 amide bonds. The van der Waals surface area contributed by atoms with Gasteiger partial charge in [-0.15, -0.1) is 0 Å². The minimum atomic E-state index is 0.00709. The van der Waals surface area contributed by atoms with Crippen molar-refractivity contribution >= 4 is 47.0 Å². The third-order valence-corrected chi connectivity index (χ3v) is 10.4. The van der Waals surface area contributed by atoms with Gasteiger partial charge >= 0.3 is 0 Å². The van der Waals surface area contributed by atoms with Gasteiger partial charge in [0.15, 0.2) is 0 Å². The highest BCUT2D eigenvalue weighted by molar-refractivity contribution is 8.01. The Morgan fingerprint density at radius 3 is 0.614 bits per heavy atom. The molecule has 1 aliphatic heterocycles. The molecule has 0 unspecified atom stereocenters. The van der Waals surface area contributed by atoms with Crippen LogP contribution in [0.25, 0.3) is 0 Å². The number of benzene rings is 4. The summed E-state index contributed by atoms with van der Waals surface area (Å²) in [6.07, 6.45) is 0.0284. The number of para-hydroxylation sites is 4. The summed E-state index contributed by atoms with van der Waals surface area (Å²) >= 11 is 6.70. The van der Waals surface area contributed by atoms with E-state index in [1.807, 2.05) is 0 Å². The molecule has 8 bridgehead atoms. The van der Waals surface area contributed by atoms with Gasteiger partial charge in [0.25, 0.3) is 0 Å². The van der Waals surface area contributed by atoms with Crippen molar-refractivity contribution in [2.75, 3.05) is 0 Å². The van der Waals surface area contributed by atoms with Crippen LogP contribution in [0.2, 0.25) is 0 Å². The summed E-state index contributed by atoms with van der Waals surface area (Å²) in [5.41, 5.74) is 0. The second-order valence-corrected chi connectivity index (χ2v) is 15.7.